The van der Waals surface area contributed by atoms with Crippen molar-refractivity contribution in [3.8, 4) is 5.75 Å². The zero-order valence-corrected chi connectivity index (χ0v) is 13.3. The van der Waals surface area contributed by atoms with Gasteiger partial charge in [-0.1, -0.05) is 12.7 Å². The van der Waals surface area contributed by atoms with Gasteiger partial charge in [0.2, 0.25) is 0 Å². The number of thiocarbonyl (C=S) groups is 1. The molecule has 1 fully saturated rings. The molecule has 0 unspecified atom stereocenters. The molecule has 1 aliphatic heterocycles. The van der Waals surface area contributed by atoms with E-state index in [-0.39, 0.29) is 0 Å². The van der Waals surface area contributed by atoms with Gasteiger partial charge in [0.1, 0.15) is 12.4 Å². The van der Waals surface area contributed by atoms with E-state index in [4.69, 9.17) is 17.0 Å². The predicted molar refractivity (Wildman–Crippen MR) is 92.0 cm³/mol. The van der Waals surface area contributed by atoms with Gasteiger partial charge in [0.15, 0.2) is 5.11 Å². The van der Waals surface area contributed by atoms with Crippen LogP contribution in [0.15, 0.2) is 36.9 Å². The van der Waals surface area contributed by atoms with Crippen LogP contribution < -0.4 is 15.4 Å². The molecule has 5 heteroatoms. The number of anilines is 1. The number of rotatable bonds is 5. The average molecular weight is 305 g/mol. The Bertz CT molecular complexity index is 467. The highest BCUT2D eigenvalue weighted by molar-refractivity contribution is 7.80. The van der Waals surface area contributed by atoms with Gasteiger partial charge >= 0.3 is 0 Å². The van der Waals surface area contributed by atoms with E-state index in [0.29, 0.717) is 17.8 Å². The van der Waals surface area contributed by atoms with Crippen LogP contribution in [0.4, 0.5) is 5.69 Å². The normalized spacial score (nSPS) is 16.2. The fraction of sp³-hybridized carbons (Fsp3) is 0.438. The standard InChI is InChI=1S/C16H23N3OS/c1-3-12-20-15-6-4-13(5-7-15)17-16(21)18-14-8-10-19(2)11-9-14/h3-7,14H,1,8-12H2,2H3,(H2,17,18,21). The van der Waals surface area contributed by atoms with Gasteiger partial charge in [-0.25, -0.2) is 0 Å². The van der Waals surface area contributed by atoms with Crippen molar-refractivity contribution in [3.63, 3.8) is 0 Å². The first-order chi connectivity index (χ1) is 10.2. The van der Waals surface area contributed by atoms with Crippen LogP contribution in [0.1, 0.15) is 12.8 Å². The molecule has 0 spiro atoms. The summed E-state index contributed by atoms with van der Waals surface area (Å²) in [5.41, 5.74) is 0.964. The number of hydrogen-bond donors (Lipinski definition) is 2. The molecule has 1 aliphatic rings. The Morgan fingerprint density at radius 1 is 1.38 bits per heavy atom. The fourth-order valence-electron chi connectivity index (χ4n) is 2.30. The van der Waals surface area contributed by atoms with Crippen LogP contribution in [0.5, 0.6) is 5.75 Å². The molecule has 1 aromatic rings. The zero-order valence-electron chi connectivity index (χ0n) is 12.5. The van der Waals surface area contributed by atoms with Crippen molar-refractivity contribution >= 4 is 23.0 Å². The minimum absolute atomic E-state index is 0.469. The second-order valence-corrected chi connectivity index (χ2v) is 5.71. The smallest absolute Gasteiger partial charge is 0.170 e. The van der Waals surface area contributed by atoms with Crippen molar-refractivity contribution in [3.05, 3.63) is 36.9 Å². The monoisotopic (exact) mass is 305 g/mol. The average Bonchev–Trinajstić information content (AvgIpc) is 2.49. The van der Waals surface area contributed by atoms with E-state index in [9.17, 15) is 0 Å². The van der Waals surface area contributed by atoms with Gasteiger partial charge in [0.25, 0.3) is 0 Å². The number of hydrogen-bond acceptors (Lipinski definition) is 3. The van der Waals surface area contributed by atoms with Crippen molar-refractivity contribution in [2.24, 2.45) is 0 Å². The molecule has 1 saturated heterocycles. The Hall–Kier alpha value is -1.59. The molecule has 2 rings (SSSR count). The quantitative estimate of drug-likeness (QED) is 0.646. The second-order valence-electron chi connectivity index (χ2n) is 5.30. The Labute approximate surface area is 132 Å². The third-order valence-corrected chi connectivity index (χ3v) is 3.75. The van der Waals surface area contributed by atoms with Crippen LogP contribution in [0.3, 0.4) is 0 Å². The maximum Gasteiger partial charge on any atom is 0.170 e. The fourth-order valence-corrected chi connectivity index (χ4v) is 2.58. The highest BCUT2D eigenvalue weighted by Gasteiger charge is 2.16. The van der Waals surface area contributed by atoms with E-state index in [1.165, 1.54) is 0 Å². The lowest BCUT2D eigenvalue weighted by molar-refractivity contribution is 0.247. The first-order valence-corrected chi connectivity index (χ1v) is 7.68. The zero-order chi connectivity index (χ0) is 15.1. The molecule has 0 saturated carbocycles. The minimum atomic E-state index is 0.469. The molecule has 0 radical (unpaired) electrons. The van der Waals surface area contributed by atoms with Gasteiger partial charge in [-0.3, -0.25) is 0 Å². The Balaban J connectivity index is 1.78. The topological polar surface area (TPSA) is 36.5 Å². The molecule has 0 amide bonds. The van der Waals surface area contributed by atoms with Crippen molar-refractivity contribution in [2.45, 2.75) is 18.9 Å². The lowest BCUT2D eigenvalue weighted by Crippen LogP contribution is -2.44. The Kier molecular flexibility index (Phi) is 6.02. The molecule has 4 nitrogen and oxygen atoms in total. The molecule has 1 aromatic carbocycles. The van der Waals surface area contributed by atoms with Crippen molar-refractivity contribution < 1.29 is 4.74 Å². The number of ether oxygens (including phenoxy) is 1. The Morgan fingerprint density at radius 2 is 2.05 bits per heavy atom. The molecular formula is C16H23N3OS. The summed E-state index contributed by atoms with van der Waals surface area (Å²) in [6.07, 6.45) is 3.99. The summed E-state index contributed by atoms with van der Waals surface area (Å²) in [7, 11) is 2.16. The van der Waals surface area contributed by atoms with E-state index in [1.54, 1.807) is 6.08 Å². The van der Waals surface area contributed by atoms with Gasteiger partial charge in [0.05, 0.1) is 0 Å². The molecule has 0 atom stereocenters. The Morgan fingerprint density at radius 3 is 2.67 bits per heavy atom. The number of nitrogens with one attached hydrogen (secondary N) is 2. The molecule has 21 heavy (non-hydrogen) atoms. The van der Waals surface area contributed by atoms with Gasteiger partial charge in [-0.05, 0) is 69.5 Å². The number of piperidine rings is 1. The summed E-state index contributed by atoms with van der Waals surface area (Å²) in [5, 5.41) is 7.29. The van der Waals surface area contributed by atoms with Crippen LogP contribution in [-0.4, -0.2) is 42.8 Å². The van der Waals surface area contributed by atoms with Gasteiger partial charge < -0.3 is 20.3 Å². The summed E-state index contributed by atoms with van der Waals surface area (Å²) < 4.78 is 5.45. The van der Waals surface area contributed by atoms with Gasteiger partial charge in [-0.2, -0.15) is 0 Å². The third kappa shape index (κ3) is 5.36. The lowest BCUT2D eigenvalue weighted by Gasteiger charge is -2.30. The van der Waals surface area contributed by atoms with Crippen LogP contribution in [-0.2, 0) is 0 Å². The van der Waals surface area contributed by atoms with Crippen LogP contribution >= 0.6 is 12.2 Å². The third-order valence-electron chi connectivity index (χ3n) is 3.53. The first kappa shape index (κ1) is 15.8. The van der Waals surface area contributed by atoms with E-state index < -0.39 is 0 Å². The highest BCUT2D eigenvalue weighted by Crippen LogP contribution is 2.16. The van der Waals surface area contributed by atoms with Crippen LogP contribution in [0.25, 0.3) is 0 Å². The largest absolute Gasteiger partial charge is 0.490 e. The molecule has 1 heterocycles. The number of benzene rings is 1. The van der Waals surface area contributed by atoms with Gasteiger partial charge in [0, 0.05) is 11.7 Å². The molecule has 0 bridgehead atoms. The van der Waals surface area contributed by atoms with Gasteiger partial charge in [-0.15, -0.1) is 0 Å². The first-order valence-electron chi connectivity index (χ1n) is 7.27. The molecule has 0 aromatic heterocycles. The predicted octanol–water partition coefficient (Wildman–Crippen LogP) is 2.63. The summed E-state index contributed by atoms with van der Waals surface area (Å²) in [6, 6.07) is 8.23. The summed E-state index contributed by atoms with van der Waals surface area (Å²) in [6.45, 7) is 6.39. The van der Waals surface area contributed by atoms with E-state index >= 15 is 0 Å². The van der Waals surface area contributed by atoms with Crippen molar-refractivity contribution in [2.75, 3.05) is 32.1 Å². The van der Waals surface area contributed by atoms with Crippen LogP contribution in [0.2, 0.25) is 0 Å². The van der Waals surface area contributed by atoms with Crippen molar-refractivity contribution in [1.82, 2.24) is 10.2 Å². The van der Waals surface area contributed by atoms with E-state index in [1.807, 2.05) is 24.3 Å². The summed E-state index contributed by atoms with van der Waals surface area (Å²) in [5.74, 6) is 0.828. The number of likely N-dealkylation sites (tertiary alicyclic amines) is 1. The lowest BCUT2D eigenvalue weighted by atomic mass is 10.1. The van der Waals surface area contributed by atoms with E-state index in [2.05, 4.69) is 29.2 Å². The summed E-state index contributed by atoms with van der Waals surface area (Å²) in [4.78, 5) is 2.34. The minimum Gasteiger partial charge on any atom is -0.490 e. The maximum absolute atomic E-state index is 5.45. The molecule has 0 aliphatic carbocycles. The molecular weight excluding hydrogens is 282 g/mol. The molecule has 114 valence electrons. The van der Waals surface area contributed by atoms with E-state index in [0.717, 1.165) is 37.4 Å². The maximum atomic E-state index is 5.45. The number of nitrogens with zero attached hydrogens (tertiary/aromatic N) is 1. The van der Waals surface area contributed by atoms with Crippen molar-refractivity contribution in [1.29, 1.82) is 0 Å². The highest BCUT2D eigenvalue weighted by atomic mass is 32.1. The SMILES string of the molecule is C=CCOc1ccc(NC(=S)NC2CCN(C)CC2)cc1. The molecule has 2 N–H and O–H groups in total. The van der Waals surface area contributed by atoms with Crippen LogP contribution in [0, 0.1) is 0 Å². The summed E-state index contributed by atoms with van der Waals surface area (Å²) >= 11 is 5.37. The second kappa shape index (κ2) is 8.00.